The van der Waals surface area contributed by atoms with Crippen molar-refractivity contribution in [3.8, 4) is 5.88 Å². The number of anilines is 1. The minimum Gasteiger partial charge on any atom is -0.480 e. The predicted molar refractivity (Wildman–Crippen MR) is 74.2 cm³/mol. The van der Waals surface area contributed by atoms with E-state index in [1.54, 1.807) is 24.3 Å². The van der Waals surface area contributed by atoms with E-state index in [2.05, 4.69) is 15.3 Å². The molecule has 0 unspecified atom stereocenters. The standard InChI is InChI=1S/C14H12F3N3O/c1-21-13-10-11(8-4-2-3-5-9(8)20-13)18-6-7-19-12(10)14(15,16)17/h2-5,18H,6-7H2,1H3. The lowest BCUT2D eigenvalue weighted by Crippen LogP contribution is -2.25. The second-order valence-electron chi connectivity index (χ2n) is 4.54. The number of nitrogens with one attached hydrogen (secondary N) is 1. The molecule has 1 aromatic carbocycles. The van der Waals surface area contributed by atoms with E-state index in [-0.39, 0.29) is 18.0 Å². The molecule has 3 rings (SSSR count). The molecule has 0 fully saturated rings. The van der Waals surface area contributed by atoms with E-state index in [9.17, 15) is 13.2 Å². The van der Waals surface area contributed by atoms with E-state index >= 15 is 0 Å². The smallest absolute Gasteiger partial charge is 0.433 e. The molecular weight excluding hydrogens is 283 g/mol. The number of aromatic nitrogens is 1. The van der Waals surface area contributed by atoms with Crippen molar-refractivity contribution in [3.05, 3.63) is 29.8 Å². The molecule has 0 amide bonds. The van der Waals surface area contributed by atoms with Crippen molar-refractivity contribution in [2.24, 2.45) is 4.99 Å². The molecule has 0 saturated heterocycles. The van der Waals surface area contributed by atoms with Crippen molar-refractivity contribution < 1.29 is 17.9 Å². The number of fused-ring (bicyclic) bond motifs is 3. The molecule has 1 aliphatic heterocycles. The Hall–Kier alpha value is -2.31. The third-order valence-corrected chi connectivity index (χ3v) is 3.24. The van der Waals surface area contributed by atoms with Gasteiger partial charge in [-0.25, -0.2) is 4.98 Å². The molecule has 0 spiro atoms. The third kappa shape index (κ3) is 2.28. The molecular formula is C14H12F3N3O. The maximum absolute atomic E-state index is 13.3. The van der Waals surface area contributed by atoms with Gasteiger partial charge in [-0.1, -0.05) is 18.2 Å². The van der Waals surface area contributed by atoms with Crippen molar-refractivity contribution in [2.75, 3.05) is 25.5 Å². The van der Waals surface area contributed by atoms with Crippen LogP contribution in [-0.2, 0) is 0 Å². The average Bonchev–Trinajstić information content (AvgIpc) is 2.69. The van der Waals surface area contributed by atoms with Gasteiger partial charge >= 0.3 is 6.18 Å². The van der Waals surface area contributed by atoms with Crippen LogP contribution < -0.4 is 10.1 Å². The van der Waals surface area contributed by atoms with Gasteiger partial charge in [0.2, 0.25) is 5.88 Å². The van der Waals surface area contributed by atoms with Gasteiger partial charge in [0.05, 0.1) is 30.4 Å². The summed E-state index contributed by atoms with van der Waals surface area (Å²) in [6, 6.07) is 6.99. The minimum absolute atomic E-state index is 0.0427. The van der Waals surface area contributed by atoms with Crippen LogP contribution in [0.1, 0.15) is 5.56 Å². The van der Waals surface area contributed by atoms with E-state index in [0.717, 1.165) is 0 Å². The molecule has 2 heterocycles. The van der Waals surface area contributed by atoms with Crippen molar-refractivity contribution >= 4 is 22.3 Å². The summed E-state index contributed by atoms with van der Waals surface area (Å²) in [5.74, 6) is -0.0748. The van der Waals surface area contributed by atoms with E-state index in [0.29, 0.717) is 23.1 Å². The van der Waals surface area contributed by atoms with Gasteiger partial charge in [0.15, 0.2) is 5.71 Å². The lowest BCUT2D eigenvalue weighted by Gasteiger charge is -2.17. The molecule has 4 nitrogen and oxygen atoms in total. The van der Waals surface area contributed by atoms with Crippen molar-refractivity contribution in [3.63, 3.8) is 0 Å². The first-order valence-corrected chi connectivity index (χ1v) is 6.35. The van der Waals surface area contributed by atoms with Crippen LogP contribution in [0.2, 0.25) is 0 Å². The van der Waals surface area contributed by atoms with Crippen LogP contribution in [0.5, 0.6) is 5.88 Å². The molecule has 110 valence electrons. The highest BCUT2D eigenvalue weighted by atomic mass is 19.4. The van der Waals surface area contributed by atoms with Crippen molar-refractivity contribution in [1.82, 2.24) is 4.98 Å². The lowest BCUT2D eigenvalue weighted by molar-refractivity contribution is -0.0582. The van der Waals surface area contributed by atoms with Crippen LogP contribution in [0.4, 0.5) is 18.9 Å². The molecule has 0 radical (unpaired) electrons. The van der Waals surface area contributed by atoms with Gasteiger partial charge in [0.25, 0.3) is 0 Å². The molecule has 2 aromatic rings. The molecule has 0 bridgehead atoms. The number of para-hydroxylation sites is 1. The summed E-state index contributed by atoms with van der Waals surface area (Å²) in [5, 5.41) is 3.63. The number of methoxy groups -OCH3 is 1. The van der Waals surface area contributed by atoms with Crippen molar-refractivity contribution in [2.45, 2.75) is 6.18 Å². The highest BCUT2D eigenvalue weighted by molar-refractivity contribution is 6.15. The lowest BCUT2D eigenvalue weighted by atomic mass is 10.0. The predicted octanol–water partition coefficient (Wildman–Crippen LogP) is 3.02. The van der Waals surface area contributed by atoms with Gasteiger partial charge < -0.3 is 10.1 Å². The molecule has 1 aromatic heterocycles. The quantitative estimate of drug-likeness (QED) is 0.879. The molecule has 1 N–H and O–H groups in total. The fraction of sp³-hybridized carbons (Fsp3) is 0.286. The largest absolute Gasteiger partial charge is 0.480 e. The van der Waals surface area contributed by atoms with E-state index in [1.807, 2.05) is 0 Å². The Labute approximate surface area is 118 Å². The summed E-state index contributed by atoms with van der Waals surface area (Å²) >= 11 is 0. The molecule has 0 saturated carbocycles. The zero-order valence-electron chi connectivity index (χ0n) is 11.2. The second-order valence-corrected chi connectivity index (χ2v) is 4.54. The number of halogens is 3. The van der Waals surface area contributed by atoms with Gasteiger partial charge in [-0.2, -0.15) is 13.2 Å². The number of hydrogen-bond donors (Lipinski definition) is 1. The maximum Gasteiger partial charge on any atom is 0.433 e. The van der Waals surface area contributed by atoms with Gasteiger partial charge in [0.1, 0.15) is 0 Å². The van der Waals surface area contributed by atoms with Gasteiger partial charge in [0, 0.05) is 11.9 Å². The Balaban J connectivity index is 2.38. The summed E-state index contributed by atoms with van der Waals surface area (Å²) in [6.07, 6.45) is -4.56. The first-order valence-electron chi connectivity index (χ1n) is 6.35. The summed E-state index contributed by atoms with van der Waals surface area (Å²) in [6.45, 7) is 0.366. The number of hydrogen-bond acceptors (Lipinski definition) is 4. The van der Waals surface area contributed by atoms with E-state index < -0.39 is 11.9 Å². The van der Waals surface area contributed by atoms with Crippen LogP contribution in [0, 0.1) is 0 Å². The summed E-state index contributed by atoms with van der Waals surface area (Å²) in [5.41, 5.74) is -0.131. The molecule has 21 heavy (non-hydrogen) atoms. The normalized spacial score (nSPS) is 15.0. The molecule has 0 aliphatic carbocycles. The minimum atomic E-state index is -4.56. The fourth-order valence-corrected chi connectivity index (χ4v) is 2.40. The number of pyridine rings is 1. The number of aliphatic imine (C=N–C) groups is 1. The number of alkyl halides is 3. The Morgan fingerprint density at radius 2 is 2.00 bits per heavy atom. The van der Waals surface area contributed by atoms with Crippen LogP contribution >= 0.6 is 0 Å². The number of rotatable bonds is 1. The van der Waals surface area contributed by atoms with E-state index in [4.69, 9.17) is 4.74 Å². The molecule has 7 heteroatoms. The zero-order chi connectivity index (χ0) is 15.0. The molecule has 0 atom stereocenters. The number of benzene rings is 1. The highest BCUT2D eigenvalue weighted by Gasteiger charge is 2.41. The van der Waals surface area contributed by atoms with Gasteiger partial charge in [-0.15, -0.1) is 0 Å². The Morgan fingerprint density at radius 3 is 2.71 bits per heavy atom. The topological polar surface area (TPSA) is 46.5 Å². The Bertz CT molecular complexity index is 725. The first kappa shape index (κ1) is 13.7. The zero-order valence-corrected chi connectivity index (χ0v) is 11.2. The van der Waals surface area contributed by atoms with Gasteiger partial charge in [-0.05, 0) is 6.07 Å². The summed E-state index contributed by atoms with van der Waals surface area (Å²) in [7, 11) is 1.30. The average molecular weight is 295 g/mol. The maximum atomic E-state index is 13.3. The fourth-order valence-electron chi connectivity index (χ4n) is 2.40. The van der Waals surface area contributed by atoms with Crippen molar-refractivity contribution in [1.29, 1.82) is 0 Å². The first-order chi connectivity index (χ1) is 10.0. The van der Waals surface area contributed by atoms with Crippen LogP contribution in [0.25, 0.3) is 10.9 Å². The van der Waals surface area contributed by atoms with E-state index in [1.165, 1.54) is 7.11 Å². The number of nitrogens with zero attached hydrogens (tertiary/aromatic N) is 2. The third-order valence-electron chi connectivity index (χ3n) is 3.24. The van der Waals surface area contributed by atoms with Crippen LogP contribution in [0.3, 0.4) is 0 Å². The van der Waals surface area contributed by atoms with Gasteiger partial charge in [-0.3, -0.25) is 4.99 Å². The SMILES string of the molecule is COc1nc2ccccc2c2c1C(C(F)(F)F)=NCCN2. The van der Waals surface area contributed by atoms with Crippen LogP contribution in [0.15, 0.2) is 29.3 Å². The highest BCUT2D eigenvalue weighted by Crippen LogP contribution is 2.38. The Kier molecular flexibility index (Phi) is 3.19. The second kappa shape index (κ2) is 4.91. The monoisotopic (exact) mass is 295 g/mol. The van der Waals surface area contributed by atoms with Crippen LogP contribution in [-0.4, -0.2) is 37.1 Å². The summed E-state index contributed by atoms with van der Waals surface area (Å²) < 4.78 is 44.9. The number of ether oxygens (including phenoxy) is 1. The molecule has 1 aliphatic rings. The Morgan fingerprint density at radius 1 is 1.24 bits per heavy atom. The summed E-state index contributed by atoms with van der Waals surface area (Å²) in [4.78, 5) is 7.83.